The van der Waals surface area contributed by atoms with Crippen molar-refractivity contribution in [3.05, 3.63) is 64.2 Å². The maximum absolute atomic E-state index is 12.6. The van der Waals surface area contributed by atoms with Crippen LogP contribution in [0.3, 0.4) is 0 Å². The van der Waals surface area contributed by atoms with E-state index in [1.807, 2.05) is 0 Å². The lowest BCUT2D eigenvalue weighted by atomic mass is 10.0. The topological polar surface area (TPSA) is 138 Å². The molecule has 0 unspecified atom stereocenters. The van der Waals surface area contributed by atoms with Crippen molar-refractivity contribution in [2.75, 3.05) is 20.2 Å². The average molecular weight is 407 g/mol. The smallest absolute Gasteiger partial charge is 0.268 e. The summed E-state index contributed by atoms with van der Waals surface area (Å²) in [4.78, 5) is 13.9. The molecule has 0 saturated heterocycles. The third-order valence-corrected chi connectivity index (χ3v) is 4.43. The van der Waals surface area contributed by atoms with Gasteiger partial charge in [0.25, 0.3) is 5.91 Å². The molecule has 8 heteroatoms. The van der Waals surface area contributed by atoms with Crippen molar-refractivity contribution < 1.29 is 24.9 Å². The minimum absolute atomic E-state index is 0.0771. The van der Waals surface area contributed by atoms with Crippen LogP contribution >= 0.6 is 0 Å². The lowest BCUT2D eigenvalue weighted by Crippen LogP contribution is -2.32. The number of nitrogens with zero attached hydrogens (tertiary/aromatic N) is 3. The van der Waals surface area contributed by atoms with E-state index < -0.39 is 17.2 Å². The molecule has 0 aliphatic rings. The largest absolute Gasteiger partial charge is 0.506 e. The summed E-state index contributed by atoms with van der Waals surface area (Å²) in [5.41, 5.74) is 0.434. The van der Waals surface area contributed by atoms with E-state index in [-0.39, 0.29) is 36.6 Å². The van der Waals surface area contributed by atoms with E-state index in [0.717, 1.165) is 0 Å². The molecule has 3 N–H and O–H groups in total. The van der Waals surface area contributed by atoms with E-state index in [0.29, 0.717) is 16.9 Å². The first-order valence-electron chi connectivity index (χ1n) is 8.98. The minimum Gasteiger partial charge on any atom is -0.506 e. The van der Waals surface area contributed by atoms with Gasteiger partial charge in [0, 0.05) is 18.2 Å². The van der Waals surface area contributed by atoms with Gasteiger partial charge in [-0.05, 0) is 30.7 Å². The number of aliphatic hydroxyl groups excluding tert-OH is 2. The van der Waals surface area contributed by atoms with Gasteiger partial charge >= 0.3 is 0 Å². The predicted molar refractivity (Wildman–Crippen MR) is 108 cm³/mol. The second-order valence-electron chi connectivity index (χ2n) is 6.48. The van der Waals surface area contributed by atoms with Gasteiger partial charge in [0.1, 0.15) is 36.0 Å². The van der Waals surface area contributed by atoms with Crippen LogP contribution in [0.25, 0.3) is 5.76 Å². The first kappa shape index (κ1) is 22.3. The predicted octanol–water partition coefficient (Wildman–Crippen LogP) is 2.39. The maximum Gasteiger partial charge on any atom is 0.268 e. The number of phenolic OH excluding ortho intramolecular Hbond substituents is 1. The second-order valence-corrected chi connectivity index (χ2v) is 6.48. The van der Waals surface area contributed by atoms with Crippen LogP contribution in [0.1, 0.15) is 22.3 Å². The lowest BCUT2D eigenvalue weighted by Gasteiger charge is -2.18. The van der Waals surface area contributed by atoms with Crippen LogP contribution in [-0.2, 0) is 11.4 Å². The Labute approximate surface area is 174 Å². The van der Waals surface area contributed by atoms with Crippen molar-refractivity contribution in [3.8, 4) is 23.6 Å². The Balaban J connectivity index is 2.17. The zero-order valence-electron chi connectivity index (χ0n) is 16.6. The van der Waals surface area contributed by atoms with Crippen molar-refractivity contribution >= 4 is 11.7 Å². The molecule has 0 aliphatic heterocycles. The van der Waals surface area contributed by atoms with E-state index in [9.17, 15) is 25.4 Å². The molecule has 2 aromatic carbocycles. The summed E-state index contributed by atoms with van der Waals surface area (Å²) >= 11 is 0. The Morgan fingerprint density at radius 2 is 1.93 bits per heavy atom. The number of phenols is 1. The van der Waals surface area contributed by atoms with Crippen molar-refractivity contribution in [1.82, 2.24) is 4.90 Å². The van der Waals surface area contributed by atoms with Gasteiger partial charge in [0.2, 0.25) is 0 Å². The summed E-state index contributed by atoms with van der Waals surface area (Å²) < 4.78 is 5.59. The highest BCUT2D eigenvalue weighted by atomic mass is 16.5. The fourth-order valence-corrected chi connectivity index (χ4v) is 2.71. The summed E-state index contributed by atoms with van der Waals surface area (Å²) in [5.74, 6) is -1.04. The first-order chi connectivity index (χ1) is 14.3. The molecular weight excluding hydrogens is 386 g/mol. The van der Waals surface area contributed by atoms with Crippen LogP contribution in [0.2, 0.25) is 0 Å². The highest BCUT2D eigenvalue weighted by Gasteiger charge is 2.21. The van der Waals surface area contributed by atoms with Crippen molar-refractivity contribution in [2.45, 2.75) is 13.5 Å². The van der Waals surface area contributed by atoms with Gasteiger partial charge in [0.05, 0.1) is 18.7 Å². The maximum atomic E-state index is 12.6. The standard InChI is InChI=1S/C22H21N3O5/c1-14-9-16(10-17(11-23)20(14)27)21(28)18(12-24)22(29)25(2)7-8-30-19-6-4-3-5-15(19)13-26/h3-6,9-10,26-28H,7-8,13H2,1-2H3/b21-18-. The van der Waals surface area contributed by atoms with Gasteiger partial charge in [0.15, 0.2) is 5.57 Å². The molecule has 0 aliphatic carbocycles. The highest BCUT2D eigenvalue weighted by Crippen LogP contribution is 2.27. The number of hydrogen-bond acceptors (Lipinski definition) is 7. The highest BCUT2D eigenvalue weighted by molar-refractivity contribution is 6.03. The van der Waals surface area contributed by atoms with Crippen LogP contribution in [0.4, 0.5) is 0 Å². The average Bonchev–Trinajstić information content (AvgIpc) is 2.75. The van der Waals surface area contributed by atoms with E-state index in [4.69, 9.17) is 10.00 Å². The monoisotopic (exact) mass is 407 g/mol. The van der Waals surface area contributed by atoms with E-state index >= 15 is 0 Å². The zero-order valence-corrected chi connectivity index (χ0v) is 16.6. The SMILES string of the molecule is Cc1cc(/C(O)=C(\C#N)C(=O)N(C)CCOc2ccccc2CO)cc(C#N)c1O. The van der Waals surface area contributed by atoms with Gasteiger partial charge in [-0.1, -0.05) is 18.2 Å². The summed E-state index contributed by atoms with van der Waals surface area (Å²) in [6.07, 6.45) is 0. The molecule has 0 heterocycles. The summed E-state index contributed by atoms with van der Waals surface area (Å²) in [5, 5.41) is 48.1. The molecule has 0 bridgehead atoms. The second kappa shape index (κ2) is 9.97. The molecule has 0 fully saturated rings. The Kier molecular flexibility index (Phi) is 7.40. The number of carbonyl (C=O) groups is 1. The molecule has 0 atom stereocenters. The van der Waals surface area contributed by atoms with Crippen molar-refractivity contribution in [2.24, 2.45) is 0 Å². The Morgan fingerprint density at radius 1 is 1.23 bits per heavy atom. The molecular formula is C22H21N3O5. The van der Waals surface area contributed by atoms with Crippen LogP contribution in [0.15, 0.2) is 42.0 Å². The molecule has 1 amide bonds. The number of aryl methyl sites for hydroxylation is 1. The molecule has 2 rings (SSSR count). The van der Waals surface area contributed by atoms with Crippen molar-refractivity contribution in [3.63, 3.8) is 0 Å². The Morgan fingerprint density at radius 3 is 2.57 bits per heavy atom. The number of amides is 1. The third kappa shape index (κ3) is 4.88. The fraction of sp³-hybridized carbons (Fsp3) is 0.227. The quantitative estimate of drug-likeness (QED) is 0.364. The number of aromatic hydroxyl groups is 1. The van der Waals surface area contributed by atoms with Crippen molar-refractivity contribution in [1.29, 1.82) is 10.5 Å². The molecule has 0 spiro atoms. The van der Waals surface area contributed by atoms with E-state index in [1.54, 1.807) is 36.4 Å². The van der Waals surface area contributed by atoms with Crippen LogP contribution < -0.4 is 4.74 Å². The summed E-state index contributed by atoms with van der Waals surface area (Å²) in [6, 6.07) is 13.0. The fourth-order valence-electron chi connectivity index (χ4n) is 2.71. The number of para-hydroxylation sites is 1. The van der Waals surface area contributed by atoms with Crippen LogP contribution in [0, 0.1) is 29.6 Å². The number of hydrogen-bond donors (Lipinski definition) is 3. The van der Waals surface area contributed by atoms with E-state index in [2.05, 4.69) is 0 Å². The number of rotatable bonds is 7. The van der Waals surface area contributed by atoms with E-state index in [1.165, 1.54) is 31.0 Å². The zero-order chi connectivity index (χ0) is 22.3. The van der Waals surface area contributed by atoms with Gasteiger partial charge in [-0.25, -0.2) is 0 Å². The third-order valence-electron chi connectivity index (χ3n) is 4.43. The van der Waals surface area contributed by atoms with Gasteiger partial charge in [-0.2, -0.15) is 10.5 Å². The Bertz CT molecular complexity index is 1060. The van der Waals surface area contributed by atoms with Crippen LogP contribution in [0.5, 0.6) is 11.5 Å². The lowest BCUT2D eigenvalue weighted by molar-refractivity contribution is -0.125. The summed E-state index contributed by atoms with van der Waals surface area (Å²) in [7, 11) is 1.46. The van der Waals surface area contributed by atoms with Gasteiger partial charge in [-0.15, -0.1) is 0 Å². The van der Waals surface area contributed by atoms with Gasteiger partial charge in [-0.3, -0.25) is 4.79 Å². The molecule has 154 valence electrons. The normalized spacial score (nSPS) is 11.1. The first-order valence-corrected chi connectivity index (χ1v) is 8.98. The molecule has 30 heavy (non-hydrogen) atoms. The number of carbonyl (C=O) groups excluding carboxylic acids is 1. The Hall–Kier alpha value is -4.01. The number of benzene rings is 2. The number of aliphatic hydroxyl groups is 2. The molecule has 0 aromatic heterocycles. The number of ether oxygens (including phenoxy) is 1. The molecule has 0 radical (unpaired) electrons. The minimum atomic E-state index is -0.724. The molecule has 2 aromatic rings. The summed E-state index contributed by atoms with van der Waals surface area (Å²) in [6.45, 7) is 1.58. The number of nitriles is 2. The molecule has 0 saturated carbocycles. The van der Waals surface area contributed by atoms with Gasteiger partial charge < -0.3 is 25.0 Å². The van der Waals surface area contributed by atoms with Crippen LogP contribution in [-0.4, -0.2) is 46.3 Å². The molecule has 8 nitrogen and oxygen atoms in total. The number of likely N-dealkylation sites (N-methyl/N-ethyl adjacent to an activating group) is 1.